The summed E-state index contributed by atoms with van der Waals surface area (Å²) in [5.41, 5.74) is 2.11. The maximum absolute atomic E-state index is 6.02. The number of nitrogens with zero attached hydrogens (tertiary/aromatic N) is 4. The number of oxazole rings is 1. The Morgan fingerprint density at radius 3 is 2.27 bits per heavy atom. The number of hydrogen-bond donors (Lipinski definition) is 1. The second kappa shape index (κ2) is 6.67. The zero-order valence-electron chi connectivity index (χ0n) is 16.4. The minimum absolute atomic E-state index is 0.0214. The van der Waals surface area contributed by atoms with Gasteiger partial charge in [0, 0.05) is 16.9 Å². The second-order valence-corrected chi connectivity index (χ2v) is 8.49. The minimum Gasteiger partial charge on any atom is -0.445 e. The van der Waals surface area contributed by atoms with E-state index in [9.17, 15) is 0 Å². The molecule has 0 spiro atoms. The van der Waals surface area contributed by atoms with Crippen LogP contribution in [0.5, 0.6) is 0 Å². The molecular formula is C20H27N5O. The summed E-state index contributed by atoms with van der Waals surface area (Å²) in [4.78, 5) is 4.44. The highest BCUT2D eigenvalue weighted by Gasteiger charge is 2.34. The molecule has 0 aliphatic heterocycles. The highest BCUT2D eigenvalue weighted by atomic mass is 16.4. The number of aromatic amines is 1. The minimum atomic E-state index is -0.114. The lowest BCUT2D eigenvalue weighted by molar-refractivity contribution is 0.287. The van der Waals surface area contributed by atoms with Gasteiger partial charge in [-0.15, -0.1) is 5.10 Å². The summed E-state index contributed by atoms with van der Waals surface area (Å²) < 4.78 is 6.02. The summed E-state index contributed by atoms with van der Waals surface area (Å²) in [5.74, 6) is 2.72. The molecule has 0 atom stereocenters. The molecule has 2 aromatic heterocycles. The van der Waals surface area contributed by atoms with Crippen molar-refractivity contribution in [2.75, 3.05) is 0 Å². The van der Waals surface area contributed by atoms with Crippen molar-refractivity contribution in [1.82, 2.24) is 25.6 Å². The summed E-state index contributed by atoms with van der Waals surface area (Å²) in [6, 6.07) is 8.40. The Morgan fingerprint density at radius 1 is 1.04 bits per heavy atom. The molecule has 2 heterocycles. The number of tetrazole rings is 1. The van der Waals surface area contributed by atoms with Crippen LogP contribution in [0.3, 0.4) is 0 Å². The zero-order chi connectivity index (χ0) is 18.9. The third-order valence-electron chi connectivity index (χ3n) is 4.85. The van der Waals surface area contributed by atoms with E-state index in [0.717, 1.165) is 23.6 Å². The molecular weight excluding hydrogens is 326 g/mol. The predicted molar refractivity (Wildman–Crippen MR) is 101 cm³/mol. The van der Waals surface area contributed by atoms with E-state index in [4.69, 9.17) is 4.42 Å². The molecule has 0 amide bonds. The predicted octanol–water partition coefficient (Wildman–Crippen LogP) is 4.62. The molecule has 0 radical (unpaired) electrons. The molecule has 0 saturated carbocycles. The molecule has 0 aliphatic carbocycles. The third kappa shape index (κ3) is 3.69. The van der Waals surface area contributed by atoms with Gasteiger partial charge in [-0.05, 0) is 27.8 Å². The first-order valence-electron chi connectivity index (χ1n) is 9.00. The SMILES string of the molecule is CC(C)c1ncc(C(C)(C)CC(C)(C)c2ccc(-c3nnn[nH]3)cc2)o1. The Kier molecular flexibility index (Phi) is 4.69. The molecule has 6 nitrogen and oxygen atoms in total. The number of rotatable bonds is 6. The van der Waals surface area contributed by atoms with Gasteiger partial charge < -0.3 is 4.42 Å². The normalized spacial score (nSPS) is 12.7. The Bertz CT molecular complexity index is 845. The zero-order valence-corrected chi connectivity index (χ0v) is 16.4. The number of nitrogens with one attached hydrogen (secondary N) is 1. The molecule has 0 fully saturated rings. The second-order valence-electron chi connectivity index (χ2n) is 8.49. The van der Waals surface area contributed by atoms with Crippen LogP contribution in [0.2, 0.25) is 0 Å². The standard InChI is InChI=1S/C20H27N5O/c1-13(2)18-21-11-16(26-18)20(5,6)12-19(3,4)15-9-7-14(8-10-15)17-22-24-25-23-17/h7-11,13H,12H2,1-6H3,(H,22,23,24,25). The molecule has 138 valence electrons. The monoisotopic (exact) mass is 353 g/mol. The topological polar surface area (TPSA) is 80.5 Å². The van der Waals surface area contributed by atoms with Crippen LogP contribution in [0.15, 0.2) is 34.9 Å². The van der Waals surface area contributed by atoms with Gasteiger partial charge in [-0.1, -0.05) is 65.8 Å². The number of benzene rings is 1. The van der Waals surface area contributed by atoms with Crippen molar-refractivity contribution in [1.29, 1.82) is 0 Å². The Labute approximate surface area is 154 Å². The van der Waals surface area contributed by atoms with E-state index in [0.29, 0.717) is 11.7 Å². The van der Waals surface area contributed by atoms with Crippen molar-refractivity contribution in [2.45, 2.75) is 64.7 Å². The first kappa shape index (κ1) is 18.3. The van der Waals surface area contributed by atoms with Gasteiger partial charge in [-0.2, -0.15) is 0 Å². The fraction of sp³-hybridized carbons (Fsp3) is 0.500. The summed E-state index contributed by atoms with van der Waals surface area (Å²) in [6.45, 7) is 13.1. The van der Waals surface area contributed by atoms with Crippen molar-refractivity contribution < 1.29 is 4.42 Å². The van der Waals surface area contributed by atoms with Crippen LogP contribution in [0.4, 0.5) is 0 Å². The van der Waals surface area contributed by atoms with Crippen LogP contribution in [-0.4, -0.2) is 25.6 Å². The molecule has 0 aliphatic rings. The molecule has 26 heavy (non-hydrogen) atoms. The van der Waals surface area contributed by atoms with E-state index >= 15 is 0 Å². The molecule has 3 rings (SSSR count). The van der Waals surface area contributed by atoms with Crippen molar-refractivity contribution in [3.63, 3.8) is 0 Å². The van der Waals surface area contributed by atoms with Crippen molar-refractivity contribution in [3.05, 3.63) is 47.7 Å². The lowest BCUT2D eigenvalue weighted by Crippen LogP contribution is -2.29. The Hall–Kier alpha value is -2.50. The van der Waals surface area contributed by atoms with E-state index in [1.807, 2.05) is 6.20 Å². The van der Waals surface area contributed by atoms with Crippen molar-refractivity contribution in [2.24, 2.45) is 0 Å². The van der Waals surface area contributed by atoms with Gasteiger partial charge in [0.25, 0.3) is 0 Å². The quantitative estimate of drug-likeness (QED) is 0.699. The fourth-order valence-electron chi connectivity index (χ4n) is 3.52. The lowest BCUT2D eigenvalue weighted by atomic mass is 9.70. The number of aromatic nitrogens is 5. The van der Waals surface area contributed by atoms with Gasteiger partial charge in [-0.3, -0.25) is 0 Å². The average Bonchev–Trinajstić information content (AvgIpc) is 3.26. The molecule has 0 bridgehead atoms. The van der Waals surface area contributed by atoms with E-state index in [1.54, 1.807) is 0 Å². The maximum Gasteiger partial charge on any atom is 0.196 e. The maximum atomic E-state index is 6.02. The molecule has 1 N–H and O–H groups in total. The number of hydrogen-bond acceptors (Lipinski definition) is 5. The largest absolute Gasteiger partial charge is 0.445 e. The smallest absolute Gasteiger partial charge is 0.196 e. The molecule has 3 aromatic rings. The van der Waals surface area contributed by atoms with Crippen molar-refractivity contribution in [3.8, 4) is 11.4 Å². The van der Waals surface area contributed by atoms with Gasteiger partial charge in [0.2, 0.25) is 0 Å². The van der Waals surface area contributed by atoms with Gasteiger partial charge in [0.05, 0.1) is 6.20 Å². The van der Waals surface area contributed by atoms with Crippen LogP contribution in [0.1, 0.15) is 71.1 Å². The third-order valence-corrected chi connectivity index (χ3v) is 4.85. The number of H-pyrrole nitrogens is 1. The van der Waals surface area contributed by atoms with E-state index in [-0.39, 0.29) is 10.8 Å². The summed E-state index contributed by atoms with van der Waals surface area (Å²) in [6.07, 6.45) is 2.82. The average molecular weight is 353 g/mol. The Morgan fingerprint density at radius 2 is 1.73 bits per heavy atom. The first-order valence-corrected chi connectivity index (χ1v) is 9.00. The fourth-order valence-corrected chi connectivity index (χ4v) is 3.52. The van der Waals surface area contributed by atoms with Crippen LogP contribution >= 0.6 is 0 Å². The van der Waals surface area contributed by atoms with Gasteiger partial charge in [-0.25, -0.2) is 10.1 Å². The molecule has 0 unspecified atom stereocenters. The van der Waals surface area contributed by atoms with E-state index < -0.39 is 0 Å². The van der Waals surface area contributed by atoms with Gasteiger partial charge in [0.15, 0.2) is 11.7 Å². The van der Waals surface area contributed by atoms with Crippen LogP contribution in [-0.2, 0) is 10.8 Å². The van der Waals surface area contributed by atoms with Crippen LogP contribution in [0, 0.1) is 0 Å². The Balaban J connectivity index is 1.80. The van der Waals surface area contributed by atoms with Crippen LogP contribution < -0.4 is 0 Å². The van der Waals surface area contributed by atoms with E-state index in [2.05, 4.69) is 91.4 Å². The van der Waals surface area contributed by atoms with Gasteiger partial charge in [0.1, 0.15) is 5.76 Å². The molecule has 1 aromatic carbocycles. The molecule has 0 saturated heterocycles. The van der Waals surface area contributed by atoms with Crippen molar-refractivity contribution >= 4 is 0 Å². The summed E-state index contributed by atoms with van der Waals surface area (Å²) in [5, 5.41) is 14.0. The van der Waals surface area contributed by atoms with Crippen LogP contribution in [0.25, 0.3) is 11.4 Å². The highest BCUT2D eigenvalue weighted by Crippen LogP contribution is 2.39. The first-order chi connectivity index (χ1) is 12.2. The lowest BCUT2D eigenvalue weighted by Gasteiger charge is -2.34. The van der Waals surface area contributed by atoms with E-state index in [1.165, 1.54) is 5.56 Å². The molecule has 6 heteroatoms. The summed E-state index contributed by atoms with van der Waals surface area (Å²) >= 11 is 0. The summed E-state index contributed by atoms with van der Waals surface area (Å²) in [7, 11) is 0. The van der Waals surface area contributed by atoms with Gasteiger partial charge >= 0.3 is 0 Å². The highest BCUT2D eigenvalue weighted by molar-refractivity contribution is 5.54.